The van der Waals surface area contributed by atoms with Gasteiger partial charge >= 0.3 is 6.18 Å². The van der Waals surface area contributed by atoms with Crippen LogP contribution in [0, 0.1) is 0 Å². The van der Waals surface area contributed by atoms with E-state index in [-0.39, 0.29) is 17.6 Å². The molecule has 28 heavy (non-hydrogen) atoms. The first-order valence-corrected chi connectivity index (χ1v) is 9.78. The van der Waals surface area contributed by atoms with Gasteiger partial charge in [-0.15, -0.1) is 11.3 Å². The van der Waals surface area contributed by atoms with Crippen LogP contribution in [0.5, 0.6) is 0 Å². The first-order valence-electron chi connectivity index (χ1n) is 8.08. The van der Waals surface area contributed by atoms with Crippen molar-refractivity contribution < 1.29 is 18.0 Å². The van der Waals surface area contributed by atoms with Crippen LogP contribution < -0.4 is 5.56 Å². The van der Waals surface area contributed by atoms with E-state index in [1.165, 1.54) is 16.2 Å². The van der Waals surface area contributed by atoms with E-state index in [0.29, 0.717) is 6.07 Å². The highest BCUT2D eigenvalue weighted by Crippen LogP contribution is 2.29. The third-order valence-corrected chi connectivity index (χ3v) is 5.73. The topological polar surface area (TPSA) is 79.0 Å². The highest BCUT2D eigenvalue weighted by Gasteiger charge is 2.34. The zero-order valence-electron chi connectivity index (χ0n) is 14.8. The summed E-state index contributed by atoms with van der Waals surface area (Å²) in [6, 6.07) is 7.98. The molecule has 2 heterocycles. The fraction of sp³-hybridized carbons (Fsp3) is 0.294. The second kappa shape index (κ2) is 7.92. The van der Waals surface area contributed by atoms with E-state index in [1.807, 2.05) is 24.3 Å². The Bertz CT molecular complexity index is 1030. The number of H-pyrrole nitrogens is 1. The maximum absolute atomic E-state index is 12.8. The fourth-order valence-electron chi connectivity index (χ4n) is 2.43. The van der Waals surface area contributed by atoms with Gasteiger partial charge in [-0.2, -0.15) is 13.2 Å². The molecule has 6 nitrogen and oxygen atoms in total. The molecular formula is C17H15F3N4O2S2. The molecule has 2 aromatic heterocycles. The number of hydrogen-bond acceptors (Lipinski definition) is 6. The largest absolute Gasteiger partial charge is 0.433 e. The minimum Gasteiger partial charge on any atom is -0.338 e. The molecule has 0 radical (unpaired) electrons. The first-order chi connectivity index (χ1) is 13.1. The second-order valence-corrected chi connectivity index (χ2v) is 8.41. The van der Waals surface area contributed by atoms with E-state index in [1.54, 1.807) is 14.0 Å². The van der Waals surface area contributed by atoms with Crippen molar-refractivity contribution in [2.24, 2.45) is 0 Å². The fourth-order valence-corrected chi connectivity index (χ4v) is 4.38. The molecule has 11 heteroatoms. The predicted molar refractivity (Wildman–Crippen MR) is 101 cm³/mol. The van der Waals surface area contributed by atoms with E-state index < -0.39 is 22.7 Å². The second-order valence-electron chi connectivity index (χ2n) is 5.96. The van der Waals surface area contributed by atoms with Crippen molar-refractivity contribution in [2.45, 2.75) is 30.1 Å². The number of nitrogens with zero attached hydrogens (tertiary/aromatic N) is 3. The number of aromatic amines is 1. The van der Waals surface area contributed by atoms with Crippen LogP contribution in [0.2, 0.25) is 0 Å². The molecule has 3 rings (SSSR count). The highest BCUT2D eigenvalue weighted by atomic mass is 32.2. The Morgan fingerprint density at radius 2 is 2.04 bits per heavy atom. The third kappa shape index (κ3) is 4.71. The number of thioether (sulfide) groups is 1. The number of carbonyl (C=O) groups is 1. The van der Waals surface area contributed by atoms with Crippen molar-refractivity contribution in [1.82, 2.24) is 19.9 Å². The monoisotopic (exact) mass is 428 g/mol. The van der Waals surface area contributed by atoms with Gasteiger partial charge in [0, 0.05) is 13.1 Å². The number of aromatic nitrogens is 3. The standard InChI is InChI=1S/C17H15F3N4O2S2/c1-9(27-16-22-12(17(18,19)20)7-13(25)23-16)15(26)24(2)8-14-21-10-5-3-4-6-11(10)28-14/h3-7,9H,8H2,1-2H3,(H,22,23,25). The molecule has 1 aromatic carbocycles. The molecule has 1 amide bonds. The molecule has 3 aromatic rings. The summed E-state index contributed by atoms with van der Waals surface area (Å²) >= 11 is 2.23. The van der Waals surface area contributed by atoms with E-state index in [4.69, 9.17) is 0 Å². The van der Waals surface area contributed by atoms with Gasteiger partial charge in [-0.25, -0.2) is 9.97 Å². The number of thiazole rings is 1. The van der Waals surface area contributed by atoms with Crippen LogP contribution in [-0.4, -0.2) is 38.1 Å². The molecule has 1 N–H and O–H groups in total. The Kier molecular flexibility index (Phi) is 5.75. The summed E-state index contributed by atoms with van der Waals surface area (Å²) in [5.74, 6) is -0.315. The number of amides is 1. The number of fused-ring (bicyclic) bond motifs is 1. The lowest BCUT2D eigenvalue weighted by Crippen LogP contribution is -2.33. The van der Waals surface area contributed by atoms with Gasteiger partial charge < -0.3 is 9.88 Å². The number of benzene rings is 1. The SMILES string of the molecule is CC(Sc1nc(C(F)(F)F)cc(=O)[nH]1)C(=O)N(C)Cc1nc2ccccc2s1. The molecule has 0 spiro atoms. The number of nitrogens with one attached hydrogen (secondary N) is 1. The molecule has 1 atom stereocenters. The molecule has 0 bridgehead atoms. The van der Waals surface area contributed by atoms with E-state index in [9.17, 15) is 22.8 Å². The number of hydrogen-bond donors (Lipinski definition) is 1. The van der Waals surface area contributed by atoms with Gasteiger partial charge in [0.05, 0.1) is 22.0 Å². The van der Waals surface area contributed by atoms with Crippen LogP contribution >= 0.6 is 23.1 Å². The number of para-hydroxylation sites is 1. The zero-order valence-corrected chi connectivity index (χ0v) is 16.4. The van der Waals surface area contributed by atoms with Crippen molar-refractivity contribution in [1.29, 1.82) is 0 Å². The van der Waals surface area contributed by atoms with E-state index in [0.717, 1.165) is 27.0 Å². The Morgan fingerprint density at radius 1 is 1.32 bits per heavy atom. The molecule has 0 fully saturated rings. The van der Waals surface area contributed by atoms with Gasteiger partial charge in [0.1, 0.15) is 5.01 Å². The molecule has 1 unspecified atom stereocenters. The Hall–Kier alpha value is -2.40. The van der Waals surface area contributed by atoms with Gasteiger partial charge in [0.25, 0.3) is 5.56 Å². The summed E-state index contributed by atoms with van der Waals surface area (Å²) in [6.07, 6.45) is -4.74. The van der Waals surface area contributed by atoms with Gasteiger partial charge in [-0.1, -0.05) is 23.9 Å². The number of alkyl halides is 3. The summed E-state index contributed by atoms with van der Waals surface area (Å²) in [7, 11) is 1.59. The lowest BCUT2D eigenvalue weighted by molar-refractivity contribution is -0.141. The average Bonchev–Trinajstić information content (AvgIpc) is 3.01. The highest BCUT2D eigenvalue weighted by molar-refractivity contribution is 8.00. The van der Waals surface area contributed by atoms with Crippen molar-refractivity contribution in [3.8, 4) is 0 Å². The van der Waals surface area contributed by atoms with Crippen molar-refractivity contribution in [2.75, 3.05) is 7.05 Å². The van der Waals surface area contributed by atoms with Gasteiger partial charge in [-0.3, -0.25) is 9.59 Å². The van der Waals surface area contributed by atoms with Crippen LogP contribution in [-0.2, 0) is 17.5 Å². The summed E-state index contributed by atoms with van der Waals surface area (Å²) < 4.78 is 39.4. The van der Waals surface area contributed by atoms with Crippen LogP contribution in [0.25, 0.3) is 10.2 Å². The van der Waals surface area contributed by atoms with Crippen molar-refractivity contribution in [3.63, 3.8) is 0 Å². The van der Waals surface area contributed by atoms with Gasteiger partial charge in [-0.05, 0) is 19.1 Å². The minimum absolute atomic E-state index is 0.255. The van der Waals surface area contributed by atoms with Gasteiger partial charge in [0.2, 0.25) is 5.91 Å². The third-order valence-electron chi connectivity index (χ3n) is 3.73. The Labute approximate surface area is 165 Å². The summed E-state index contributed by atoms with van der Waals surface area (Å²) in [5, 5.41) is -0.250. The zero-order chi connectivity index (χ0) is 20.5. The van der Waals surface area contributed by atoms with Crippen LogP contribution in [0.15, 0.2) is 40.3 Å². The smallest absolute Gasteiger partial charge is 0.338 e. The minimum atomic E-state index is -4.74. The maximum atomic E-state index is 12.8. The molecular weight excluding hydrogens is 413 g/mol. The Morgan fingerprint density at radius 3 is 2.71 bits per heavy atom. The van der Waals surface area contributed by atoms with Crippen molar-refractivity contribution in [3.05, 3.63) is 51.4 Å². The van der Waals surface area contributed by atoms with Crippen LogP contribution in [0.3, 0.4) is 0 Å². The van der Waals surface area contributed by atoms with Crippen LogP contribution in [0.1, 0.15) is 17.6 Å². The summed E-state index contributed by atoms with van der Waals surface area (Å²) in [5.41, 5.74) is -1.37. The Balaban J connectivity index is 1.70. The number of rotatable bonds is 5. The molecule has 0 saturated carbocycles. The first kappa shape index (κ1) is 20.3. The normalized spacial score (nSPS) is 12.9. The van der Waals surface area contributed by atoms with E-state index >= 15 is 0 Å². The number of halogens is 3. The molecule has 0 aliphatic heterocycles. The quantitative estimate of drug-likeness (QED) is 0.497. The predicted octanol–water partition coefficient (Wildman–Crippen LogP) is 3.54. The lowest BCUT2D eigenvalue weighted by atomic mass is 10.3. The van der Waals surface area contributed by atoms with Crippen LogP contribution in [0.4, 0.5) is 13.2 Å². The number of carbonyl (C=O) groups excluding carboxylic acids is 1. The van der Waals surface area contributed by atoms with Crippen molar-refractivity contribution >= 4 is 39.2 Å². The summed E-state index contributed by atoms with van der Waals surface area (Å²) in [6.45, 7) is 1.82. The summed E-state index contributed by atoms with van der Waals surface area (Å²) in [4.78, 5) is 35.6. The maximum Gasteiger partial charge on any atom is 0.433 e. The van der Waals surface area contributed by atoms with E-state index in [2.05, 4.69) is 15.0 Å². The average molecular weight is 428 g/mol. The molecule has 0 aliphatic carbocycles. The molecule has 148 valence electrons. The molecule has 0 aliphatic rings. The lowest BCUT2D eigenvalue weighted by Gasteiger charge is -2.19. The molecule has 0 saturated heterocycles. The van der Waals surface area contributed by atoms with Gasteiger partial charge in [0.15, 0.2) is 10.9 Å².